The molecule has 19 heavy (non-hydrogen) atoms. The minimum absolute atomic E-state index is 0.123. The minimum atomic E-state index is -0.377. The van der Waals surface area contributed by atoms with Gasteiger partial charge in [-0.3, -0.25) is 4.79 Å². The van der Waals surface area contributed by atoms with Crippen molar-refractivity contribution in [3.63, 3.8) is 0 Å². The molecule has 106 valence electrons. The van der Waals surface area contributed by atoms with Crippen molar-refractivity contribution in [1.29, 1.82) is 0 Å². The summed E-state index contributed by atoms with van der Waals surface area (Å²) in [6.07, 6.45) is 0. The molecular weight excluding hydrogens is 271 g/mol. The van der Waals surface area contributed by atoms with E-state index in [1.165, 1.54) is 12.1 Å². The van der Waals surface area contributed by atoms with Gasteiger partial charge in [-0.2, -0.15) is 0 Å². The lowest BCUT2D eigenvalue weighted by molar-refractivity contribution is -0.120. The van der Waals surface area contributed by atoms with Crippen LogP contribution in [0.2, 0.25) is 5.02 Å². The fourth-order valence-electron chi connectivity index (χ4n) is 1.56. The third-order valence-electron chi connectivity index (χ3n) is 2.63. The molecule has 0 aliphatic heterocycles. The van der Waals surface area contributed by atoms with Crippen molar-refractivity contribution in [2.75, 3.05) is 26.8 Å². The number of carbonyl (C=O) groups excluding carboxylic acids is 1. The average Bonchev–Trinajstić information content (AvgIpc) is 2.36. The van der Waals surface area contributed by atoms with Crippen LogP contribution in [-0.4, -0.2) is 32.7 Å². The number of methoxy groups -OCH3 is 1. The molecule has 0 bridgehead atoms. The van der Waals surface area contributed by atoms with Gasteiger partial charge in [0.25, 0.3) is 0 Å². The predicted octanol–water partition coefficient (Wildman–Crippen LogP) is 1.89. The van der Waals surface area contributed by atoms with Crippen molar-refractivity contribution < 1.29 is 13.9 Å². The summed E-state index contributed by atoms with van der Waals surface area (Å²) in [5.74, 6) is -0.500. The highest BCUT2D eigenvalue weighted by Crippen LogP contribution is 2.23. The van der Waals surface area contributed by atoms with E-state index in [1.54, 1.807) is 13.2 Å². The maximum absolute atomic E-state index is 12.9. The minimum Gasteiger partial charge on any atom is -0.383 e. The number of ether oxygens (including phenoxy) is 1. The topological polar surface area (TPSA) is 50.4 Å². The van der Waals surface area contributed by atoms with Crippen LogP contribution >= 0.6 is 11.6 Å². The van der Waals surface area contributed by atoms with Crippen molar-refractivity contribution in [2.24, 2.45) is 0 Å². The van der Waals surface area contributed by atoms with Crippen LogP contribution in [0.15, 0.2) is 18.2 Å². The van der Waals surface area contributed by atoms with E-state index in [-0.39, 0.29) is 24.3 Å². The highest BCUT2D eigenvalue weighted by Gasteiger charge is 2.11. The van der Waals surface area contributed by atoms with Crippen molar-refractivity contribution in [1.82, 2.24) is 10.6 Å². The van der Waals surface area contributed by atoms with E-state index >= 15 is 0 Å². The molecule has 1 aromatic rings. The molecular formula is C13H18ClFN2O2. The van der Waals surface area contributed by atoms with Gasteiger partial charge in [0.1, 0.15) is 5.82 Å². The van der Waals surface area contributed by atoms with E-state index < -0.39 is 0 Å². The van der Waals surface area contributed by atoms with Crippen LogP contribution in [0.5, 0.6) is 0 Å². The molecule has 2 N–H and O–H groups in total. The summed E-state index contributed by atoms with van der Waals surface area (Å²) in [6, 6.07) is 4.07. The fraction of sp³-hybridized carbons (Fsp3) is 0.462. The summed E-state index contributed by atoms with van der Waals surface area (Å²) < 4.78 is 17.7. The number of hydrogen-bond donors (Lipinski definition) is 2. The quantitative estimate of drug-likeness (QED) is 0.754. The Morgan fingerprint density at radius 3 is 2.89 bits per heavy atom. The van der Waals surface area contributed by atoms with Crippen LogP contribution in [0.4, 0.5) is 4.39 Å². The third-order valence-corrected chi connectivity index (χ3v) is 2.95. The molecule has 1 atom stereocenters. The Morgan fingerprint density at radius 1 is 1.53 bits per heavy atom. The highest BCUT2D eigenvalue weighted by atomic mass is 35.5. The van der Waals surface area contributed by atoms with E-state index in [9.17, 15) is 9.18 Å². The first-order valence-corrected chi connectivity index (χ1v) is 6.36. The lowest BCUT2D eigenvalue weighted by Crippen LogP contribution is -2.36. The first kappa shape index (κ1) is 15.9. The van der Waals surface area contributed by atoms with E-state index in [4.69, 9.17) is 16.3 Å². The van der Waals surface area contributed by atoms with Gasteiger partial charge in [-0.25, -0.2) is 4.39 Å². The number of benzene rings is 1. The molecule has 1 unspecified atom stereocenters. The second-order valence-electron chi connectivity index (χ2n) is 4.11. The van der Waals surface area contributed by atoms with Gasteiger partial charge >= 0.3 is 0 Å². The molecule has 0 fully saturated rings. The van der Waals surface area contributed by atoms with E-state index in [2.05, 4.69) is 10.6 Å². The summed E-state index contributed by atoms with van der Waals surface area (Å²) in [7, 11) is 1.57. The molecule has 1 rings (SSSR count). The van der Waals surface area contributed by atoms with Gasteiger partial charge in [-0.1, -0.05) is 17.7 Å². The SMILES string of the molecule is COCCNC(=O)CNC(C)c1ccc(F)cc1Cl. The van der Waals surface area contributed by atoms with Crippen molar-refractivity contribution in [2.45, 2.75) is 13.0 Å². The highest BCUT2D eigenvalue weighted by molar-refractivity contribution is 6.31. The number of carbonyl (C=O) groups is 1. The Balaban J connectivity index is 2.42. The molecule has 0 saturated heterocycles. The van der Waals surface area contributed by atoms with Gasteiger partial charge in [0.2, 0.25) is 5.91 Å². The normalized spacial score (nSPS) is 12.2. The van der Waals surface area contributed by atoms with Crippen LogP contribution in [0.25, 0.3) is 0 Å². The molecule has 0 aliphatic rings. The molecule has 0 radical (unpaired) electrons. The first-order valence-electron chi connectivity index (χ1n) is 5.98. The first-order chi connectivity index (χ1) is 9.04. The Morgan fingerprint density at radius 2 is 2.26 bits per heavy atom. The monoisotopic (exact) mass is 288 g/mol. The number of halogens is 2. The Bertz CT molecular complexity index is 429. The van der Waals surface area contributed by atoms with Crippen molar-refractivity contribution in [3.05, 3.63) is 34.6 Å². The van der Waals surface area contributed by atoms with Gasteiger partial charge in [-0.05, 0) is 24.6 Å². The molecule has 0 aliphatic carbocycles. The molecule has 0 saturated carbocycles. The number of hydrogen-bond acceptors (Lipinski definition) is 3. The molecule has 6 heteroatoms. The molecule has 0 aromatic heterocycles. The van der Waals surface area contributed by atoms with Crippen LogP contribution in [0.3, 0.4) is 0 Å². The largest absolute Gasteiger partial charge is 0.383 e. The molecule has 4 nitrogen and oxygen atoms in total. The van der Waals surface area contributed by atoms with Crippen LogP contribution in [-0.2, 0) is 9.53 Å². The number of nitrogens with one attached hydrogen (secondary N) is 2. The summed E-state index contributed by atoms with van der Waals surface area (Å²) in [5.41, 5.74) is 0.757. The maximum atomic E-state index is 12.9. The number of rotatable bonds is 7. The number of amides is 1. The predicted molar refractivity (Wildman–Crippen MR) is 72.7 cm³/mol. The van der Waals surface area contributed by atoms with E-state index in [1.807, 2.05) is 6.92 Å². The summed E-state index contributed by atoms with van der Waals surface area (Å²) in [6.45, 7) is 2.98. The van der Waals surface area contributed by atoms with Crippen LogP contribution in [0, 0.1) is 5.82 Å². The maximum Gasteiger partial charge on any atom is 0.234 e. The summed E-state index contributed by atoms with van der Waals surface area (Å²) >= 11 is 5.95. The van der Waals surface area contributed by atoms with E-state index in [0.29, 0.717) is 18.2 Å². The average molecular weight is 289 g/mol. The van der Waals surface area contributed by atoms with Crippen LogP contribution in [0.1, 0.15) is 18.5 Å². The summed E-state index contributed by atoms with van der Waals surface area (Å²) in [5, 5.41) is 6.07. The second kappa shape index (κ2) is 8.09. The van der Waals surface area contributed by atoms with Gasteiger partial charge < -0.3 is 15.4 Å². The molecule has 1 aromatic carbocycles. The van der Waals surface area contributed by atoms with Gasteiger partial charge in [0.05, 0.1) is 13.2 Å². The standard InChI is InChI=1S/C13H18ClFN2O2/c1-9(11-4-3-10(15)7-12(11)14)17-8-13(18)16-5-6-19-2/h3-4,7,9,17H,5-6,8H2,1-2H3,(H,16,18). The van der Waals surface area contributed by atoms with Crippen LogP contribution < -0.4 is 10.6 Å². The Kier molecular flexibility index (Phi) is 6.77. The Labute approximate surface area is 117 Å². The second-order valence-corrected chi connectivity index (χ2v) is 4.52. The van der Waals surface area contributed by atoms with Gasteiger partial charge in [0.15, 0.2) is 0 Å². The Hall–Kier alpha value is -1.17. The molecule has 1 amide bonds. The van der Waals surface area contributed by atoms with Crippen molar-refractivity contribution in [3.8, 4) is 0 Å². The zero-order chi connectivity index (χ0) is 14.3. The third kappa shape index (κ3) is 5.55. The lowest BCUT2D eigenvalue weighted by Gasteiger charge is -2.15. The zero-order valence-corrected chi connectivity index (χ0v) is 11.8. The molecule has 0 heterocycles. The smallest absolute Gasteiger partial charge is 0.234 e. The van der Waals surface area contributed by atoms with Gasteiger partial charge in [-0.15, -0.1) is 0 Å². The zero-order valence-electron chi connectivity index (χ0n) is 11.0. The lowest BCUT2D eigenvalue weighted by atomic mass is 10.1. The van der Waals surface area contributed by atoms with Gasteiger partial charge in [0, 0.05) is 24.7 Å². The summed E-state index contributed by atoms with van der Waals surface area (Å²) in [4.78, 5) is 11.5. The van der Waals surface area contributed by atoms with E-state index in [0.717, 1.165) is 5.56 Å². The molecule has 0 spiro atoms. The fourth-order valence-corrected chi connectivity index (χ4v) is 1.89. The van der Waals surface area contributed by atoms with Crippen molar-refractivity contribution >= 4 is 17.5 Å².